The number of Topliss-reactive ketones (excluding diaryl/α,β-unsaturated/α-hetero) is 2. The Hall–Kier alpha value is -8.13. The Morgan fingerprint density at radius 1 is 0.500 bits per heavy atom. The molecule has 6 rings (SSSR count). The molecule has 2 fully saturated rings. The van der Waals surface area contributed by atoms with Gasteiger partial charge in [-0.25, -0.2) is 14.1 Å². The van der Waals surface area contributed by atoms with Crippen LogP contribution in [0.3, 0.4) is 0 Å². The second-order valence-electron chi connectivity index (χ2n) is 32.1. The van der Waals surface area contributed by atoms with Crippen molar-refractivity contribution in [2.75, 3.05) is 238 Å². The normalized spacial score (nSPS) is 19.5. The molecular weight excluding hydrogens is 1830 g/mol. The number of aromatic nitrogens is 4. The lowest BCUT2D eigenvalue weighted by Gasteiger charge is -2.41. The molecule has 136 heavy (non-hydrogen) atoms. The van der Waals surface area contributed by atoms with Gasteiger partial charge in [-0.1, -0.05) is 11.3 Å². The van der Waals surface area contributed by atoms with Gasteiger partial charge in [0, 0.05) is 94.4 Å². The van der Waals surface area contributed by atoms with E-state index in [-0.39, 0.29) is 299 Å². The summed E-state index contributed by atoms with van der Waals surface area (Å²) in [6.45, 7) is 8.73. The fourth-order valence-electron chi connectivity index (χ4n) is 13.7. The first kappa shape index (κ1) is 117. The smallest absolute Gasteiger partial charge is 0.397 e. The molecule has 2 aromatic heterocycles. The number of phenolic OH excluding ortho intramolecular Hbond substituents is 1. The molecule has 41 nitrogen and oxygen atoms in total. The number of aliphatic hydroxyl groups excluding tert-OH is 5. The molecule has 1 unspecified atom stereocenters. The molecular formula is C88H134F7N9O32. The second kappa shape index (κ2) is 65.7. The maximum absolute atomic E-state index is 14.3. The van der Waals surface area contributed by atoms with Gasteiger partial charge < -0.3 is 147 Å². The molecule has 13 atom stereocenters. The molecule has 772 valence electrons. The van der Waals surface area contributed by atoms with Crippen molar-refractivity contribution in [1.29, 1.82) is 0 Å². The molecule has 48 heteroatoms. The summed E-state index contributed by atoms with van der Waals surface area (Å²) in [4.78, 5) is 93.3. The minimum Gasteiger partial charge on any atom is -0.505 e. The lowest BCUT2D eigenvalue weighted by Crippen LogP contribution is -2.63. The van der Waals surface area contributed by atoms with E-state index in [0.29, 0.717) is 28.3 Å². The Bertz CT molecular complexity index is 4050. The van der Waals surface area contributed by atoms with E-state index in [0.717, 1.165) is 11.5 Å². The van der Waals surface area contributed by atoms with E-state index in [1.165, 1.54) is 37.6 Å². The van der Waals surface area contributed by atoms with Gasteiger partial charge in [0.15, 0.2) is 11.6 Å². The number of ether oxygens (including phenoxy) is 19. The van der Waals surface area contributed by atoms with Gasteiger partial charge in [-0.3, -0.25) is 33.6 Å². The Balaban J connectivity index is 0.948. The molecule has 4 aromatic rings. The summed E-state index contributed by atoms with van der Waals surface area (Å²) >= 11 is 0. The molecule has 0 aliphatic carbocycles. The van der Waals surface area contributed by atoms with E-state index in [2.05, 4.69) is 36.9 Å². The number of ketones is 2. The third-order valence-corrected chi connectivity index (χ3v) is 20.6. The third kappa shape index (κ3) is 49.1. The van der Waals surface area contributed by atoms with Gasteiger partial charge in [-0.15, -0.1) is 5.10 Å². The zero-order valence-electron chi connectivity index (χ0n) is 77.2. The molecule has 0 bridgehead atoms. The summed E-state index contributed by atoms with van der Waals surface area (Å²) in [6.07, 6.45) is -22.1. The van der Waals surface area contributed by atoms with E-state index < -0.39 is 140 Å². The van der Waals surface area contributed by atoms with Crippen LogP contribution in [0.4, 0.5) is 30.7 Å². The molecule has 5 amide bonds. The van der Waals surface area contributed by atoms with Crippen molar-refractivity contribution in [3.63, 3.8) is 0 Å². The lowest BCUT2D eigenvalue weighted by atomic mass is 9.83. The van der Waals surface area contributed by atoms with Crippen LogP contribution in [-0.4, -0.2) is 409 Å². The van der Waals surface area contributed by atoms with Gasteiger partial charge in [0.25, 0.3) is 0 Å². The molecule has 2 saturated heterocycles. The van der Waals surface area contributed by atoms with Crippen LogP contribution in [0, 0.1) is 17.2 Å². The summed E-state index contributed by atoms with van der Waals surface area (Å²) in [7, 11) is 0. The van der Waals surface area contributed by atoms with Crippen LogP contribution >= 0.6 is 0 Å². The number of hydrogen-bond acceptors (Lipinski definition) is 35. The Kier molecular flexibility index (Phi) is 56.3. The second-order valence-corrected chi connectivity index (χ2v) is 32.1. The number of halogens is 7. The molecule has 2 aliphatic rings. The van der Waals surface area contributed by atoms with Crippen molar-refractivity contribution in [2.45, 2.75) is 165 Å². The number of hydrogen-bond donors (Lipinski definition) is 11. The first-order chi connectivity index (χ1) is 65.2. The standard InChI is InChI=1S/C88H134F7N9O32/c1-59(50-99-80(113)49-88(93,94)95)134-68(52-105)53-127-41-38-124-35-32-121-29-26-118-23-16-96-77(110)13-20-130-56-86(47-65(107)6-5-19-133-67-9-11-71-63(44-67)7-10-72(101-71)73-51-104(103-102-73)64-8-12-74(109)70(89)45-64,58-132-22-15-79(112)98-18-25-120-28-31-123-34-37-126-40-43-129-55-76-84(116)85(117)81(61(3)136-76)100-62(4)106)57-131-21-14-78(111)97-17-24-119-27-30-122-33-36-125-39-42-128-54-75-83(115)82(114)69(60(2)135-75)46-66(108)48-87(90,91)92/h7-12,44-45,51,59-61,68-69,75-76,81-85,105,109,114-117H,5-6,13-43,46-50,52-58H2,1-4H3,(H,96,110)(H,97,111)(H,98,112)(H,99,113)(H,100,106)/t59-,60-,61-,68-,69-,75+,76+,81-,82+,83-,84-,85+,86?/m0/s1. The van der Waals surface area contributed by atoms with E-state index in [1.54, 1.807) is 37.4 Å². The quantitative estimate of drug-likeness (QED) is 0.0223. The highest BCUT2D eigenvalue weighted by Gasteiger charge is 2.46. The number of rotatable bonds is 76. The summed E-state index contributed by atoms with van der Waals surface area (Å²) in [6, 6.07) is 11.9. The van der Waals surface area contributed by atoms with Crippen molar-refractivity contribution in [1.82, 2.24) is 46.6 Å². The van der Waals surface area contributed by atoms with Gasteiger partial charge in [-0.2, -0.15) is 26.3 Å². The summed E-state index contributed by atoms with van der Waals surface area (Å²) in [5, 5.41) is 83.4. The van der Waals surface area contributed by atoms with Crippen LogP contribution in [0.25, 0.3) is 28.0 Å². The number of carbonyl (C=O) groups is 7. The van der Waals surface area contributed by atoms with Crippen molar-refractivity contribution >= 4 is 52.0 Å². The van der Waals surface area contributed by atoms with Gasteiger partial charge in [0.2, 0.25) is 29.5 Å². The minimum absolute atomic E-state index is 0.00747. The number of phenols is 1. The maximum atomic E-state index is 14.3. The predicted molar refractivity (Wildman–Crippen MR) is 465 cm³/mol. The fourth-order valence-corrected chi connectivity index (χ4v) is 13.7. The molecule has 4 heterocycles. The lowest BCUT2D eigenvalue weighted by molar-refractivity contribution is -0.211. The van der Waals surface area contributed by atoms with Crippen LogP contribution < -0.4 is 31.3 Å². The molecule has 11 N–H and O–H groups in total. The molecule has 0 spiro atoms. The number of pyridine rings is 1. The predicted octanol–water partition coefficient (Wildman–Crippen LogP) is 2.08. The number of nitrogens with one attached hydrogen (secondary N) is 5. The number of carbonyl (C=O) groups excluding carboxylic acids is 7. The Labute approximate surface area is 783 Å². The average Bonchev–Trinajstić information content (AvgIpc) is 1.40. The first-order valence-electron chi connectivity index (χ1n) is 45.1. The van der Waals surface area contributed by atoms with Crippen molar-refractivity contribution < 1.29 is 185 Å². The largest absolute Gasteiger partial charge is 0.505 e. The fraction of sp³-hybridized carbons (Fsp3) is 0.727. The zero-order valence-corrected chi connectivity index (χ0v) is 77.2. The summed E-state index contributed by atoms with van der Waals surface area (Å²) in [5.74, 6) is -5.91. The zero-order chi connectivity index (χ0) is 98.9. The van der Waals surface area contributed by atoms with Crippen LogP contribution in [0.5, 0.6) is 11.5 Å². The Morgan fingerprint density at radius 3 is 1.46 bits per heavy atom. The molecule has 0 saturated carbocycles. The van der Waals surface area contributed by atoms with Crippen molar-refractivity contribution in [3.05, 3.63) is 60.5 Å². The highest BCUT2D eigenvalue weighted by molar-refractivity contribution is 5.83. The van der Waals surface area contributed by atoms with Gasteiger partial charge in [-0.05, 0) is 63.6 Å². The van der Waals surface area contributed by atoms with Crippen molar-refractivity contribution in [3.8, 4) is 28.6 Å². The van der Waals surface area contributed by atoms with E-state index >= 15 is 0 Å². The number of aromatic hydroxyl groups is 1. The third-order valence-electron chi connectivity index (χ3n) is 20.6. The molecule has 2 aliphatic heterocycles. The van der Waals surface area contributed by atoms with Crippen LogP contribution in [0.2, 0.25) is 0 Å². The number of nitrogens with zero attached hydrogens (tertiary/aromatic N) is 4. The van der Waals surface area contributed by atoms with E-state index in [9.17, 15) is 94.9 Å². The van der Waals surface area contributed by atoms with E-state index in [1.807, 2.05) is 6.07 Å². The average molecular weight is 1960 g/mol. The summed E-state index contributed by atoms with van der Waals surface area (Å²) in [5.41, 5.74) is 0.586. The number of amides is 5. The highest BCUT2D eigenvalue weighted by atomic mass is 19.4. The topological polar surface area (TPSA) is 520 Å². The van der Waals surface area contributed by atoms with Gasteiger partial charge in [0.1, 0.15) is 72.5 Å². The summed E-state index contributed by atoms with van der Waals surface area (Å²) < 4.78 is 199. The monoisotopic (exact) mass is 1960 g/mol. The number of fused-ring (bicyclic) bond motifs is 1. The highest BCUT2D eigenvalue weighted by Crippen LogP contribution is 2.33. The van der Waals surface area contributed by atoms with Crippen LogP contribution in [0.1, 0.15) is 85.5 Å². The minimum atomic E-state index is -4.70. The molecule has 2 aromatic carbocycles. The van der Waals surface area contributed by atoms with Crippen LogP contribution in [-0.2, 0) is 119 Å². The Morgan fingerprint density at radius 2 is 0.978 bits per heavy atom. The molecule has 0 radical (unpaired) electrons. The van der Waals surface area contributed by atoms with Gasteiger partial charge in [0.05, 0.1) is 265 Å². The first-order valence-corrected chi connectivity index (χ1v) is 45.1. The SMILES string of the molecule is CC(=O)N[C@@H]1[C@@H](O)[C@@H](O)[C@@H](COCCOCCOCCOCCNC(=O)CCOCC(COCCC(=O)NCCOCCOCCOCCOC[C@H](CO)O[C@@H](C)CNC(=O)CC(F)(F)F)(COCCC(=O)NCCOCCOCCOCCOC[C@H]2O[C@@H](C)[C@H](CC(=O)CC(F)(F)F)[C@@H](O)[C@H]2O)CC(=O)CCCOc2ccc3nc(-c4cn(-c5ccc(O)c(F)c5)nn4)ccc3c2)O[C@H]1C. The number of benzene rings is 2. The number of aliphatic hydroxyl groups is 5. The van der Waals surface area contributed by atoms with Crippen molar-refractivity contribution in [2.24, 2.45) is 11.3 Å². The van der Waals surface area contributed by atoms with Crippen LogP contribution in [0.15, 0.2) is 54.7 Å². The van der Waals surface area contributed by atoms with E-state index in [4.69, 9.17) is 95.0 Å². The van der Waals surface area contributed by atoms with Gasteiger partial charge >= 0.3 is 12.4 Å². The number of alkyl halides is 6. The maximum Gasteiger partial charge on any atom is 0.397 e.